The molecule has 1 aromatic rings. The zero-order valence-electron chi connectivity index (χ0n) is 11.5. The first kappa shape index (κ1) is 16.5. The number of hydrogen-bond acceptors (Lipinski definition) is 2. The van der Waals surface area contributed by atoms with E-state index in [0.717, 1.165) is 16.5 Å². The second-order valence-corrected chi connectivity index (χ2v) is 6.20. The minimum Gasteiger partial charge on any atom is -0.358 e. The molecule has 1 unspecified atom stereocenters. The van der Waals surface area contributed by atoms with Gasteiger partial charge >= 0.3 is 0 Å². The molecule has 5 heteroatoms. The average molecular weight is 348 g/mol. The van der Waals surface area contributed by atoms with Gasteiger partial charge in [-0.25, -0.2) is 0 Å². The number of halogens is 2. The molecule has 0 aliphatic carbocycles. The normalized spacial score (nSPS) is 12.5. The molecule has 0 fully saturated rings. The predicted molar refractivity (Wildman–Crippen MR) is 83.3 cm³/mol. The third-order valence-electron chi connectivity index (χ3n) is 2.82. The van der Waals surface area contributed by atoms with Gasteiger partial charge in [-0.1, -0.05) is 41.4 Å². The summed E-state index contributed by atoms with van der Waals surface area (Å²) in [5, 5.41) is 6.67. The summed E-state index contributed by atoms with van der Waals surface area (Å²) in [7, 11) is 1.66. The number of carbonyl (C=O) groups excluding carboxylic acids is 1. The van der Waals surface area contributed by atoms with Crippen molar-refractivity contribution in [3.05, 3.63) is 33.3 Å². The Morgan fingerprint density at radius 1 is 1.42 bits per heavy atom. The van der Waals surface area contributed by atoms with Crippen molar-refractivity contribution >= 4 is 33.4 Å². The second kappa shape index (κ2) is 7.88. The van der Waals surface area contributed by atoms with Gasteiger partial charge in [0.2, 0.25) is 5.91 Å². The first-order chi connectivity index (χ1) is 8.93. The molecule has 0 aliphatic heterocycles. The highest BCUT2D eigenvalue weighted by Gasteiger charge is 2.18. The lowest BCUT2D eigenvalue weighted by molar-refractivity contribution is -0.123. The van der Waals surface area contributed by atoms with Crippen LogP contribution >= 0.6 is 27.5 Å². The van der Waals surface area contributed by atoms with Gasteiger partial charge in [-0.15, -0.1) is 0 Å². The van der Waals surface area contributed by atoms with Crippen molar-refractivity contribution in [2.75, 3.05) is 7.05 Å². The molecule has 106 valence electrons. The summed E-state index contributed by atoms with van der Waals surface area (Å²) in [4.78, 5) is 11.8. The molecule has 3 nitrogen and oxygen atoms in total. The molecule has 1 atom stereocenters. The minimum atomic E-state index is -0.184. The summed E-state index contributed by atoms with van der Waals surface area (Å²) in [5.74, 6) is 0.476. The van der Waals surface area contributed by atoms with E-state index in [-0.39, 0.29) is 11.9 Å². The van der Waals surface area contributed by atoms with Crippen molar-refractivity contribution in [3.63, 3.8) is 0 Å². The Morgan fingerprint density at radius 2 is 2.11 bits per heavy atom. The van der Waals surface area contributed by atoms with Crippen LogP contribution in [0, 0.1) is 5.92 Å². The summed E-state index contributed by atoms with van der Waals surface area (Å²) in [6.07, 6.45) is 0.803. The van der Waals surface area contributed by atoms with Crippen molar-refractivity contribution < 1.29 is 4.79 Å². The molecule has 19 heavy (non-hydrogen) atoms. The zero-order valence-corrected chi connectivity index (χ0v) is 13.8. The SMILES string of the molecule is CNC(=O)C(CC(C)C)NCc1cc(Cl)ccc1Br. The first-order valence-electron chi connectivity index (χ1n) is 6.33. The Balaban J connectivity index is 2.70. The molecule has 0 radical (unpaired) electrons. The Morgan fingerprint density at radius 3 is 2.68 bits per heavy atom. The van der Waals surface area contributed by atoms with Crippen LogP contribution in [0.3, 0.4) is 0 Å². The van der Waals surface area contributed by atoms with Crippen LogP contribution in [-0.2, 0) is 11.3 Å². The van der Waals surface area contributed by atoms with Gasteiger partial charge in [0.1, 0.15) is 0 Å². The van der Waals surface area contributed by atoms with Crippen LogP contribution in [0.1, 0.15) is 25.8 Å². The van der Waals surface area contributed by atoms with E-state index in [9.17, 15) is 4.79 Å². The predicted octanol–water partition coefficient (Wildman–Crippen LogP) is 3.35. The van der Waals surface area contributed by atoms with E-state index >= 15 is 0 Å². The van der Waals surface area contributed by atoms with Crippen LogP contribution in [0.15, 0.2) is 22.7 Å². The molecule has 1 rings (SSSR count). The van der Waals surface area contributed by atoms with Crippen LogP contribution in [-0.4, -0.2) is 19.0 Å². The molecular weight excluding hydrogens is 328 g/mol. The third kappa shape index (κ3) is 5.51. The Kier molecular flexibility index (Phi) is 6.83. The number of nitrogens with one attached hydrogen (secondary N) is 2. The van der Waals surface area contributed by atoms with E-state index in [1.165, 1.54) is 0 Å². The molecule has 0 aromatic heterocycles. The summed E-state index contributed by atoms with van der Waals surface area (Å²) in [6.45, 7) is 4.81. The van der Waals surface area contributed by atoms with Crippen LogP contribution in [0.2, 0.25) is 5.02 Å². The minimum absolute atomic E-state index is 0.0202. The lowest BCUT2D eigenvalue weighted by Crippen LogP contribution is -2.43. The first-order valence-corrected chi connectivity index (χ1v) is 7.50. The molecule has 1 aromatic carbocycles. The fourth-order valence-electron chi connectivity index (χ4n) is 1.84. The van der Waals surface area contributed by atoms with Gasteiger partial charge < -0.3 is 10.6 Å². The lowest BCUT2D eigenvalue weighted by Gasteiger charge is -2.19. The Hall–Kier alpha value is -0.580. The lowest BCUT2D eigenvalue weighted by atomic mass is 10.0. The highest BCUT2D eigenvalue weighted by Crippen LogP contribution is 2.21. The third-order valence-corrected chi connectivity index (χ3v) is 3.83. The van der Waals surface area contributed by atoms with Crippen LogP contribution in [0.25, 0.3) is 0 Å². The number of amides is 1. The van der Waals surface area contributed by atoms with E-state index in [0.29, 0.717) is 17.5 Å². The summed E-state index contributed by atoms with van der Waals surface area (Å²) >= 11 is 9.46. The fraction of sp³-hybridized carbons (Fsp3) is 0.500. The molecule has 0 heterocycles. The second-order valence-electron chi connectivity index (χ2n) is 4.91. The van der Waals surface area contributed by atoms with E-state index in [4.69, 9.17) is 11.6 Å². The average Bonchev–Trinajstić information content (AvgIpc) is 2.36. The van der Waals surface area contributed by atoms with Crippen LogP contribution < -0.4 is 10.6 Å². The van der Waals surface area contributed by atoms with Gasteiger partial charge in [0.25, 0.3) is 0 Å². The number of benzene rings is 1. The van der Waals surface area contributed by atoms with Gasteiger partial charge in [0, 0.05) is 23.1 Å². The van der Waals surface area contributed by atoms with Gasteiger partial charge in [0.15, 0.2) is 0 Å². The summed E-state index contributed by atoms with van der Waals surface area (Å²) < 4.78 is 0.990. The van der Waals surface area contributed by atoms with Gasteiger partial charge in [-0.05, 0) is 36.1 Å². The van der Waals surface area contributed by atoms with Gasteiger partial charge in [-0.3, -0.25) is 4.79 Å². The van der Waals surface area contributed by atoms with Gasteiger partial charge in [-0.2, -0.15) is 0 Å². The van der Waals surface area contributed by atoms with E-state index in [1.54, 1.807) is 7.05 Å². The standard InChI is InChI=1S/C14H20BrClN2O/c1-9(2)6-13(14(19)17-3)18-8-10-7-11(16)4-5-12(10)15/h4-5,7,9,13,18H,6,8H2,1-3H3,(H,17,19). The van der Waals surface area contributed by atoms with E-state index in [2.05, 4.69) is 40.4 Å². The van der Waals surface area contributed by atoms with Crippen molar-refractivity contribution in [2.24, 2.45) is 5.92 Å². The molecule has 0 bridgehead atoms. The largest absolute Gasteiger partial charge is 0.358 e. The van der Waals surface area contributed by atoms with Crippen LogP contribution in [0.5, 0.6) is 0 Å². The zero-order chi connectivity index (χ0) is 14.4. The molecule has 0 saturated carbocycles. The molecule has 2 N–H and O–H groups in total. The van der Waals surface area contributed by atoms with Crippen molar-refractivity contribution in [3.8, 4) is 0 Å². The Bertz CT molecular complexity index is 437. The molecule has 0 spiro atoms. The monoisotopic (exact) mass is 346 g/mol. The van der Waals surface area contributed by atoms with Crippen molar-refractivity contribution in [1.82, 2.24) is 10.6 Å². The quantitative estimate of drug-likeness (QED) is 0.828. The number of rotatable bonds is 6. The smallest absolute Gasteiger partial charge is 0.236 e. The maximum atomic E-state index is 11.8. The topological polar surface area (TPSA) is 41.1 Å². The van der Waals surface area contributed by atoms with Crippen molar-refractivity contribution in [2.45, 2.75) is 32.9 Å². The van der Waals surface area contributed by atoms with E-state index in [1.807, 2.05) is 18.2 Å². The maximum absolute atomic E-state index is 11.8. The molecule has 0 aliphatic rings. The summed E-state index contributed by atoms with van der Waals surface area (Å²) in [6, 6.07) is 5.46. The molecular formula is C14H20BrClN2O. The van der Waals surface area contributed by atoms with Crippen molar-refractivity contribution in [1.29, 1.82) is 0 Å². The highest BCUT2D eigenvalue weighted by atomic mass is 79.9. The van der Waals surface area contributed by atoms with Crippen LogP contribution in [0.4, 0.5) is 0 Å². The molecule has 0 saturated heterocycles. The van der Waals surface area contributed by atoms with Gasteiger partial charge in [0.05, 0.1) is 6.04 Å². The molecule has 1 amide bonds. The highest BCUT2D eigenvalue weighted by molar-refractivity contribution is 9.10. The number of hydrogen-bond donors (Lipinski definition) is 2. The number of likely N-dealkylation sites (N-methyl/N-ethyl adjacent to an activating group) is 1. The fourth-order valence-corrected chi connectivity index (χ4v) is 2.42. The van der Waals surface area contributed by atoms with E-state index < -0.39 is 0 Å². The number of carbonyl (C=O) groups is 1. The maximum Gasteiger partial charge on any atom is 0.236 e. The summed E-state index contributed by atoms with van der Waals surface area (Å²) in [5.41, 5.74) is 1.05. The Labute approximate surface area is 128 Å².